The minimum atomic E-state index is -1.04. The molecular formula is C30H35NO5S. The molecule has 0 saturated carbocycles. The van der Waals surface area contributed by atoms with Gasteiger partial charge in [0, 0.05) is 12.2 Å². The van der Waals surface area contributed by atoms with E-state index in [1.54, 1.807) is 17.8 Å². The summed E-state index contributed by atoms with van der Waals surface area (Å²) in [6.07, 6.45) is 2.04. The number of hydrogen-bond acceptors (Lipinski definition) is 5. The van der Waals surface area contributed by atoms with Gasteiger partial charge in [0.25, 0.3) is 5.91 Å². The number of carbonyl (C=O) groups excluding carboxylic acids is 1. The molecule has 0 aliphatic carbocycles. The van der Waals surface area contributed by atoms with Crippen LogP contribution in [0.25, 0.3) is 11.1 Å². The van der Waals surface area contributed by atoms with Gasteiger partial charge in [-0.05, 0) is 72.2 Å². The number of carboxylic acid groups (broad SMARTS) is 1. The Labute approximate surface area is 223 Å². The van der Waals surface area contributed by atoms with Gasteiger partial charge in [0.1, 0.15) is 12.1 Å². The molecule has 2 N–H and O–H groups in total. The zero-order valence-corrected chi connectivity index (χ0v) is 22.4. The summed E-state index contributed by atoms with van der Waals surface area (Å²) >= 11 is 1.55. The van der Waals surface area contributed by atoms with Gasteiger partial charge in [0.05, 0.1) is 13.2 Å². The highest BCUT2D eigenvalue weighted by Crippen LogP contribution is 2.29. The minimum absolute atomic E-state index is 0.223. The zero-order valence-electron chi connectivity index (χ0n) is 21.6. The van der Waals surface area contributed by atoms with Crippen molar-refractivity contribution in [3.63, 3.8) is 0 Å². The molecule has 0 fully saturated rings. The lowest BCUT2D eigenvalue weighted by atomic mass is 9.93. The van der Waals surface area contributed by atoms with Gasteiger partial charge in [0.15, 0.2) is 0 Å². The molecule has 0 spiro atoms. The number of nitrogens with one attached hydrogen (secondary N) is 1. The fourth-order valence-corrected chi connectivity index (χ4v) is 4.51. The molecule has 0 aliphatic heterocycles. The van der Waals surface area contributed by atoms with Crippen LogP contribution in [0.15, 0.2) is 72.8 Å². The highest BCUT2D eigenvalue weighted by molar-refractivity contribution is 7.98. The number of aryl methyl sites for hydroxylation is 1. The van der Waals surface area contributed by atoms with Gasteiger partial charge in [-0.3, -0.25) is 4.79 Å². The van der Waals surface area contributed by atoms with Gasteiger partial charge >= 0.3 is 5.97 Å². The number of carboxylic acids is 1. The number of carbonyl (C=O) groups is 2. The van der Waals surface area contributed by atoms with Crippen molar-refractivity contribution >= 4 is 23.6 Å². The monoisotopic (exact) mass is 521 g/mol. The Balaban J connectivity index is 1.89. The Bertz CT molecular complexity index is 1170. The van der Waals surface area contributed by atoms with E-state index in [0.29, 0.717) is 37.6 Å². The average molecular weight is 522 g/mol. The van der Waals surface area contributed by atoms with Crippen molar-refractivity contribution in [1.29, 1.82) is 0 Å². The Kier molecular flexibility index (Phi) is 11.2. The van der Waals surface area contributed by atoms with Crippen LogP contribution in [0.1, 0.15) is 46.5 Å². The fraction of sp³-hybridized carbons (Fsp3) is 0.333. The number of amides is 1. The second-order valence-corrected chi connectivity index (χ2v) is 9.70. The van der Waals surface area contributed by atoms with E-state index in [-0.39, 0.29) is 6.10 Å². The van der Waals surface area contributed by atoms with Gasteiger partial charge in [-0.15, -0.1) is 0 Å². The molecule has 0 radical (unpaired) electrons. The number of rotatable bonds is 14. The number of thioether (sulfide) groups is 1. The lowest BCUT2D eigenvalue weighted by Gasteiger charge is -2.20. The lowest BCUT2D eigenvalue weighted by molar-refractivity contribution is -0.139. The molecular weight excluding hydrogens is 486 g/mol. The SMILES string of the molecule is CCOCC(OCc1ccc(C(=O)NC(CCSC)C(=O)O)c(-c2ccccc2C)c1)c1ccccc1. The van der Waals surface area contributed by atoms with E-state index in [4.69, 9.17) is 9.47 Å². The first-order valence-corrected chi connectivity index (χ1v) is 13.8. The molecule has 2 unspecified atom stereocenters. The summed E-state index contributed by atoms with van der Waals surface area (Å²) < 4.78 is 11.9. The van der Waals surface area contributed by atoms with Crippen LogP contribution in [0, 0.1) is 6.92 Å². The molecule has 3 aromatic carbocycles. The first kappa shape index (κ1) is 28.4. The topological polar surface area (TPSA) is 84.9 Å². The third-order valence-corrected chi connectivity index (χ3v) is 6.72. The average Bonchev–Trinajstić information content (AvgIpc) is 2.91. The Morgan fingerprint density at radius 2 is 1.73 bits per heavy atom. The number of ether oxygens (including phenoxy) is 2. The van der Waals surface area contributed by atoms with Crippen molar-refractivity contribution in [2.75, 3.05) is 25.2 Å². The highest BCUT2D eigenvalue weighted by Gasteiger charge is 2.23. The molecule has 0 aromatic heterocycles. The molecule has 196 valence electrons. The van der Waals surface area contributed by atoms with E-state index >= 15 is 0 Å². The smallest absolute Gasteiger partial charge is 0.326 e. The summed E-state index contributed by atoms with van der Waals surface area (Å²) in [5.41, 5.74) is 5.05. The van der Waals surface area contributed by atoms with Gasteiger partial charge in [-0.2, -0.15) is 11.8 Å². The molecule has 0 heterocycles. The van der Waals surface area contributed by atoms with Crippen molar-refractivity contribution in [3.05, 3.63) is 95.1 Å². The maximum Gasteiger partial charge on any atom is 0.326 e. The quantitative estimate of drug-likeness (QED) is 0.275. The van der Waals surface area contributed by atoms with Crippen molar-refractivity contribution < 1.29 is 24.2 Å². The Morgan fingerprint density at radius 3 is 2.41 bits per heavy atom. The van der Waals surface area contributed by atoms with E-state index in [2.05, 4.69) is 5.32 Å². The van der Waals surface area contributed by atoms with Crippen molar-refractivity contribution in [2.24, 2.45) is 0 Å². The Morgan fingerprint density at radius 1 is 1.00 bits per heavy atom. The van der Waals surface area contributed by atoms with Gasteiger partial charge in [-0.25, -0.2) is 4.79 Å². The number of aliphatic carboxylic acids is 1. The van der Waals surface area contributed by atoms with E-state index in [1.807, 2.05) is 86.8 Å². The van der Waals surface area contributed by atoms with Gasteiger partial charge < -0.3 is 19.9 Å². The van der Waals surface area contributed by atoms with Crippen LogP contribution in [-0.4, -0.2) is 48.2 Å². The van der Waals surface area contributed by atoms with E-state index in [0.717, 1.165) is 27.8 Å². The lowest BCUT2D eigenvalue weighted by Crippen LogP contribution is -2.41. The number of hydrogen-bond donors (Lipinski definition) is 2. The summed E-state index contributed by atoms with van der Waals surface area (Å²) in [6.45, 7) is 5.32. The Hall–Kier alpha value is -3.13. The maximum absolute atomic E-state index is 13.3. The first-order valence-electron chi connectivity index (χ1n) is 12.4. The number of benzene rings is 3. The summed E-state index contributed by atoms with van der Waals surface area (Å²) in [6, 6.07) is 22.4. The van der Waals surface area contributed by atoms with Crippen LogP contribution in [0.4, 0.5) is 0 Å². The standard InChI is InChI=1S/C30H35NO5S/c1-4-35-20-28(23-11-6-5-7-12-23)36-19-22-14-15-25(26(18-22)24-13-9-8-10-21(24)2)29(32)31-27(30(33)34)16-17-37-3/h5-15,18,27-28H,4,16-17,19-20H2,1-3H3,(H,31,32)(H,33,34). The van der Waals surface area contributed by atoms with Gasteiger partial charge in [-0.1, -0.05) is 60.7 Å². The molecule has 6 nitrogen and oxygen atoms in total. The molecule has 2 atom stereocenters. The molecule has 0 bridgehead atoms. The van der Waals surface area contributed by atoms with E-state index in [9.17, 15) is 14.7 Å². The van der Waals surface area contributed by atoms with Crippen LogP contribution in [0.3, 0.4) is 0 Å². The van der Waals surface area contributed by atoms with Crippen LogP contribution in [0.2, 0.25) is 0 Å². The summed E-state index contributed by atoms with van der Waals surface area (Å²) in [5.74, 6) is -0.800. The second kappa shape index (κ2) is 14.6. The summed E-state index contributed by atoms with van der Waals surface area (Å²) in [7, 11) is 0. The molecule has 3 aromatic rings. The van der Waals surface area contributed by atoms with Crippen LogP contribution in [0.5, 0.6) is 0 Å². The predicted molar refractivity (Wildman–Crippen MR) is 149 cm³/mol. The van der Waals surface area contributed by atoms with Crippen LogP contribution in [-0.2, 0) is 20.9 Å². The van der Waals surface area contributed by atoms with E-state index in [1.165, 1.54) is 0 Å². The molecule has 7 heteroatoms. The summed E-state index contributed by atoms with van der Waals surface area (Å²) in [4.78, 5) is 25.0. The molecule has 1 amide bonds. The molecule has 0 aliphatic rings. The normalized spacial score (nSPS) is 12.6. The van der Waals surface area contributed by atoms with Gasteiger partial charge in [0.2, 0.25) is 0 Å². The predicted octanol–water partition coefficient (Wildman–Crippen LogP) is 5.89. The summed E-state index contributed by atoms with van der Waals surface area (Å²) in [5, 5.41) is 12.3. The second-order valence-electron chi connectivity index (χ2n) is 8.71. The zero-order chi connectivity index (χ0) is 26.6. The largest absolute Gasteiger partial charge is 0.480 e. The van der Waals surface area contributed by atoms with Crippen molar-refractivity contribution in [3.8, 4) is 11.1 Å². The first-order chi connectivity index (χ1) is 17.9. The van der Waals surface area contributed by atoms with Crippen molar-refractivity contribution in [2.45, 2.75) is 39.0 Å². The highest BCUT2D eigenvalue weighted by atomic mass is 32.2. The minimum Gasteiger partial charge on any atom is -0.480 e. The van der Waals surface area contributed by atoms with Crippen molar-refractivity contribution in [1.82, 2.24) is 5.32 Å². The van der Waals surface area contributed by atoms with Crippen LogP contribution < -0.4 is 5.32 Å². The molecule has 37 heavy (non-hydrogen) atoms. The fourth-order valence-electron chi connectivity index (χ4n) is 4.04. The van der Waals surface area contributed by atoms with Crippen LogP contribution >= 0.6 is 11.8 Å². The molecule has 0 saturated heterocycles. The third kappa shape index (κ3) is 8.18. The third-order valence-electron chi connectivity index (χ3n) is 6.07. The van der Waals surface area contributed by atoms with E-state index < -0.39 is 17.9 Å². The molecule has 3 rings (SSSR count). The maximum atomic E-state index is 13.3.